The van der Waals surface area contributed by atoms with E-state index in [1.54, 1.807) is 20.8 Å². The van der Waals surface area contributed by atoms with Crippen LogP contribution in [0.3, 0.4) is 0 Å². The number of hydrogen-bond acceptors (Lipinski definition) is 5. The first kappa shape index (κ1) is 20.3. The van der Waals surface area contributed by atoms with Crippen LogP contribution in [0, 0.1) is 0 Å². The third-order valence-corrected chi connectivity index (χ3v) is 4.30. The van der Waals surface area contributed by atoms with E-state index in [2.05, 4.69) is 12.3 Å². The molecule has 0 spiro atoms. The zero-order valence-corrected chi connectivity index (χ0v) is 16.3. The zero-order chi connectivity index (χ0) is 19.5. The van der Waals surface area contributed by atoms with E-state index >= 15 is 0 Å². The highest BCUT2D eigenvalue weighted by Crippen LogP contribution is 2.30. The van der Waals surface area contributed by atoms with Gasteiger partial charge in [-0.1, -0.05) is 13.3 Å². The van der Waals surface area contributed by atoms with Gasteiger partial charge in [0.05, 0.1) is 12.6 Å². The molecule has 26 heavy (non-hydrogen) atoms. The third-order valence-electron chi connectivity index (χ3n) is 4.30. The zero-order valence-electron chi connectivity index (χ0n) is 16.3. The fourth-order valence-corrected chi connectivity index (χ4v) is 2.99. The molecule has 9 nitrogen and oxygen atoms in total. The Morgan fingerprint density at radius 2 is 2.00 bits per heavy atom. The molecule has 0 aromatic carbocycles. The number of hydroxylamine groups is 2. The van der Waals surface area contributed by atoms with Gasteiger partial charge in [-0.3, -0.25) is 15.1 Å². The predicted octanol–water partition coefficient (Wildman–Crippen LogP) is 1.88. The fraction of sp³-hybridized carbons (Fsp3) is 0.824. The predicted molar refractivity (Wildman–Crippen MR) is 93.8 cm³/mol. The summed E-state index contributed by atoms with van der Waals surface area (Å²) in [7, 11) is 1.42. The Hall–Kier alpha value is -2.03. The van der Waals surface area contributed by atoms with Gasteiger partial charge in [0.25, 0.3) is 5.91 Å². The number of hydrogen-bond donors (Lipinski definition) is 1. The number of urea groups is 1. The lowest BCUT2D eigenvalue weighted by atomic mass is 10.0. The standard InChI is InChI=1S/C17H30N4O5/c1-6-7-10-25-21-12-8-9-13(20(11-12)15(21)23)14(22)18-19(5)16(24)26-17(2,3)4/h12-13H,6-11H2,1-5H3,(H,18,22)/t12?,13-/m0/s1. The number of nitrogens with zero attached hydrogens (tertiary/aromatic N) is 3. The topological polar surface area (TPSA) is 91.4 Å². The molecule has 4 amide bonds. The van der Waals surface area contributed by atoms with E-state index in [0.717, 1.165) is 17.9 Å². The summed E-state index contributed by atoms with van der Waals surface area (Å²) in [4.78, 5) is 44.2. The van der Waals surface area contributed by atoms with Crippen molar-refractivity contribution in [3.8, 4) is 0 Å². The highest BCUT2D eigenvalue weighted by molar-refractivity contribution is 5.89. The maximum atomic E-state index is 12.6. The molecule has 2 atom stereocenters. The van der Waals surface area contributed by atoms with Crippen LogP contribution in [0.4, 0.5) is 9.59 Å². The molecule has 1 N–H and O–H groups in total. The average molecular weight is 370 g/mol. The number of ether oxygens (including phenoxy) is 1. The number of nitrogens with one attached hydrogen (secondary N) is 1. The Balaban J connectivity index is 1.92. The Bertz CT molecular complexity index is 548. The van der Waals surface area contributed by atoms with Crippen LogP contribution in [0.5, 0.6) is 0 Å². The van der Waals surface area contributed by atoms with Crippen molar-refractivity contribution in [1.29, 1.82) is 0 Å². The van der Waals surface area contributed by atoms with Crippen molar-refractivity contribution < 1.29 is 24.0 Å². The van der Waals surface area contributed by atoms with Gasteiger partial charge in [0.15, 0.2) is 0 Å². The first-order valence-corrected chi connectivity index (χ1v) is 9.14. The van der Waals surface area contributed by atoms with Gasteiger partial charge in [0.1, 0.15) is 11.6 Å². The first-order chi connectivity index (χ1) is 12.1. The number of hydrazine groups is 1. The average Bonchev–Trinajstić information content (AvgIpc) is 2.78. The monoisotopic (exact) mass is 370 g/mol. The maximum Gasteiger partial charge on any atom is 0.428 e. The van der Waals surface area contributed by atoms with Gasteiger partial charge in [0, 0.05) is 13.6 Å². The highest BCUT2D eigenvalue weighted by atomic mass is 16.7. The minimum atomic E-state index is -0.657. The Kier molecular flexibility index (Phi) is 6.33. The largest absolute Gasteiger partial charge is 0.442 e. The van der Waals surface area contributed by atoms with Crippen LogP contribution in [0.15, 0.2) is 0 Å². The van der Waals surface area contributed by atoms with Crippen LogP contribution >= 0.6 is 0 Å². The highest BCUT2D eigenvalue weighted by Gasteiger charge is 2.48. The molecule has 2 heterocycles. The molecule has 2 aliphatic rings. The van der Waals surface area contributed by atoms with E-state index in [4.69, 9.17) is 9.57 Å². The number of rotatable bonds is 5. The molecule has 0 radical (unpaired) electrons. The molecule has 2 fully saturated rings. The second kappa shape index (κ2) is 8.11. The molecular formula is C17H30N4O5. The van der Waals surface area contributed by atoms with Crippen LogP contribution in [0.2, 0.25) is 0 Å². The molecule has 0 saturated carbocycles. The van der Waals surface area contributed by atoms with Crippen molar-refractivity contribution in [2.75, 3.05) is 20.2 Å². The maximum absolute atomic E-state index is 12.6. The van der Waals surface area contributed by atoms with E-state index < -0.39 is 23.6 Å². The number of amides is 4. The van der Waals surface area contributed by atoms with Gasteiger partial charge in [-0.25, -0.2) is 14.6 Å². The van der Waals surface area contributed by atoms with E-state index in [1.807, 2.05) is 0 Å². The molecule has 1 unspecified atom stereocenters. The lowest BCUT2D eigenvalue weighted by molar-refractivity contribution is -0.132. The molecule has 0 aromatic heterocycles. The summed E-state index contributed by atoms with van der Waals surface area (Å²) in [5.74, 6) is -0.402. The molecule has 2 rings (SSSR count). The minimum absolute atomic E-state index is 0.0213. The summed E-state index contributed by atoms with van der Waals surface area (Å²) < 4.78 is 5.21. The number of unbranched alkanes of at least 4 members (excludes halogenated alkanes) is 1. The quantitative estimate of drug-likeness (QED) is 0.589. The molecule has 148 valence electrons. The van der Waals surface area contributed by atoms with Gasteiger partial charge in [-0.2, -0.15) is 5.06 Å². The lowest BCUT2D eigenvalue weighted by Gasteiger charge is -2.31. The molecule has 2 aliphatic heterocycles. The van der Waals surface area contributed by atoms with E-state index in [9.17, 15) is 14.4 Å². The first-order valence-electron chi connectivity index (χ1n) is 9.14. The van der Waals surface area contributed by atoms with Crippen molar-refractivity contribution in [3.63, 3.8) is 0 Å². The summed E-state index contributed by atoms with van der Waals surface area (Å²) >= 11 is 0. The summed E-state index contributed by atoms with van der Waals surface area (Å²) in [5, 5.41) is 2.41. The van der Waals surface area contributed by atoms with Crippen molar-refractivity contribution in [2.24, 2.45) is 0 Å². The van der Waals surface area contributed by atoms with Crippen molar-refractivity contribution in [2.45, 2.75) is 71.1 Å². The van der Waals surface area contributed by atoms with E-state index in [-0.39, 0.29) is 12.1 Å². The van der Waals surface area contributed by atoms with Crippen LogP contribution in [-0.2, 0) is 14.4 Å². The summed E-state index contributed by atoms with van der Waals surface area (Å²) in [6, 6.07) is -0.931. The molecule has 0 aliphatic carbocycles. The molecule has 2 saturated heterocycles. The molecule has 2 bridgehead atoms. The van der Waals surface area contributed by atoms with Gasteiger partial charge >= 0.3 is 12.1 Å². The summed E-state index contributed by atoms with van der Waals surface area (Å²) in [6.07, 6.45) is 2.41. The van der Waals surface area contributed by atoms with Crippen molar-refractivity contribution in [1.82, 2.24) is 20.4 Å². The van der Waals surface area contributed by atoms with Crippen LogP contribution in [0.1, 0.15) is 53.4 Å². The smallest absolute Gasteiger partial charge is 0.428 e. The summed E-state index contributed by atoms with van der Waals surface area (Å²) in [5.41, 5.74) is 1.85. The molecule has 9 heteroatoms. The molecular weight excluding hydrogens is 340 g/mol. The Morgan fingerprint density at radius 1 is 1.31 bits per heavy atom. The Morgan fingerprint density at radius 3 is 2.62 bits per heavy atom. The normalized spacial score (nSPS) is 22.4. The van der Waals surface area contributed by atoms with Gasteiger partial charge < -0.3 is 9.64 Å². The number of fused-ring (bicyclic) bond motifs is 2. The van der Waals surface area contributed by atoms with Crippen LogP contribution in [-0.4, -0.2) is 70.9 Å². The van der Waals surface area contributed by atoms with Crippen LogP contribution in [0.25, 0.3) is 0 Å². The number of piperidine rings is 1. The van der Waals surface area contributed by atoms with Crippen molar-refractivity contribution >= 4 is 18.0 Å². The summed E-state index contributed by atoms with van der Waals surface area (Å²) in [6.45, 7) is 8.25. The second-order valence-electron chi connectivity index (χ2n) is 7.71. The number of carbonyl (C=O) groups excluding carboxylic acids is 3. The Labute approximate surface area is 154 Å². The van der Waals surface area contributed by atoms with Gasteiger partial charge in [0.2, 0.25) is 0 Å². The van der Waals surface area contributed by atoms with E-state index in [1.165, 1.54) is 17.0 Å². The minimum Gasteiger partial charge on any atom is -0.442 e. The number of carbonyl (C=O) groups is 3. The van der Waals surface area contributed by atoms with Gasteiger partial charge in [-0.15, -0.1) is 0 Å². The second-order valence-corrected chi connectivity index (χ2v) is 7.71. The van der Waals surface area contributed by atoms with Crippen LogP contribution < -0.4 is 5.43 Å². The lowest BCUT2D eigenvalue weighted by Crippen LogP contribution is -2.55. The third kappa shape index (κ3) is 4.78. The van der Waals surface area contributed by atoms with Gasteiger partial charge in [-0.05, 0) is 40.0 Å². The van der Waals surface area contributed by atoms with Crippen molar-refractivity contribution in [3.05, 3.63) is 0 Å². The molecule has 0 aromatic rings. The van der Waals surface area contributed by atoms with E-state index in [0.29, 0.717) is 26.0 Å². The SMILES string of the molecule is CCCCON1C(=O)N2CC1CC[C@H]2C(=O)NN(C)C(=O)OC(C)(C)C. The fourth-order valence-electron chi connectivity index (χ4n) is 2.99.